The monoisotopic (exact) mass is 304 g/mol. The average Bonchev–Trinajstić information content (AvgIpc) is 2.99. The highest BCUT2D eigenvalue weighted by atomic mass is 19.1. The molecular formula is C19H15FN3+. The number of imidazole rings is 1. The molecule has 2 aromatic carbocycles. The number of rotatable bonds is 3. The molecule has 4 heteroatoms. The highest BCUT2D eigenvalue weighted by Gasteiger charge is 2.12. The molecule has 0 aliphatic rings. The Hall–Kier alpha value is -3.01. The van der Waals surface area contributed by atoms with Crippen molar-refractivity contribution in [3.63, 3.8) is 0 Å². The molecule has 0 saturated carbocycles. The number of nitrogens with zero attached hydrogens (tertiary/aromatic N) is 2. The molecule has 4 aromatic rings. The summed E-state index contributed by atoms with van der Waals surface area (Å²) in [4.78, 5) is 7.69. The predicted molar refractivity (Wildman–Crippen MR) is 87.2 cm³/mol. The molecule has 0 amide bonds. The molecule has 23 heavy (non-hydrogen) atoms. The van der Waals surface area contributed by atoms with E-state index < -0.39 is 0 Å². The van der Waals surface area contributed by atoms with Gasteiger partial charge in [-0.3, -0.25) is 0 Å². The lowest BCUT2D eigenvalue weighted by molar-refractivity contribution is -0.687. The number of halogens is 1. The molecule has 0 saturated heterocycles. The van der Waals surface area contributed by atoms with Gasteiger partial charge in [-0.05, 0) is 12.1 Å². The van der Waals surface area contributed by atoms with Crippen molar-refractivity contribution in [2.45, 2.75) is 6.54 Å². The van der Waals surface area contributed by atoms with Crippen LogP contribution in [0.5, 0.6) is 0 Å². The van der Waals surface area contributed by atoms with Gasteiger partial charge >= 0.3 is 0 Å². The van der Waals surface area contributed by atoms with E-state index >= 15 is 0 Å². The van der Waals surface area contributed by atoms with E-state index in [0.717, 1.165) is 17.6 Å². The van der Waals surface area contributed by atoms with Crippen LogP contribution in [0.25, 0.3) is 22.4 Å². The first-order valence-corrected chi connectivity index (χ1v) is 7.47. The maximum Gasteiger partial charge on any atom is 0.195 e. The molecule has 0 radical (unpaired) electrons. The third-order valence-electron chi connectivity index (χ3n) is 3.82. The fourth-order valence-corrected chi connectivity index (χ4v) is 2.67. The Balaban J connectivity index is 1.71. The van der Waals surface area contributed by atoms with Crippen molar-refractivity contribution in [3.8, 4) is 11.4 Å². The molecule has 0 bridgehead atoms. The Morgan fingerprint density at radius 1 is 0.957 bits per heavy atom. The van der Waals surface area contributed by atoms with Crippen molar-refractivity contribution in [1.29, 1.82) is 0 Å². The number of aromatic amines is 1. The van der Waals surface area contributed by atoms with E-state index in [1.165, 1.54) is 11.6 Å². The SMILES string of the molecule is Fc1ccccc1-c1nc2cc[n+](Cc3ccccc3)cc2[nH]1. The maximum absolute atomic E-state index is 13.9. The van der Waals surface area contributed by atoms with Gasteiger partial charge in [0.15, 0.2) is 18.9 Å². The minimum atomic E-state index is -0.274. The predicted octanol–water partition coefficient (Wildman–Crippen LogP) is 3.70. The van der Waals surface area contributed by atoms with Crippen LogP contribution in [0.3, 0.4) is 0 Å². The van der Waals surface area contributed by atoms with Crippen LogP contribution in [-0.4, -0.2) is 9.97 Å². The summed E-state index contributed by atoms with van der Waals surface area (Å²) in [5, 5.41) is 0. The topological polar surface area (TPSA) is 32.6 Å². The van der Waals surface area contributed by atoms with E-state index in [4.69, 9.17) is 0 Å². The van der Waals surface area contributed by atoms with Gasteiger partial charge in [-0.2, -0.15) is 4.57 Å². The molecule has 3 nitrogen and oxygen atoms in total. The largest absolute Gasteiger partial charge is 0.333 e. The Morgan fingerprint density at radius 3 is 2.57 bits per heavy atom. The smallest absolute Gasteiger partial charge is 0.195 e. The first kappa shape index (κ1) is 13.6. The molecule has 0 spiro atoms. The number of nitrogens with one attached hydrogen (secondary N) is 1. The molecule has 1 N–H and O–H groups in total. The zero-order chi connectivity index (χ0) is 15.6. The normalized spacial score (nSPS) is 11.0. The van der Waals surface area contributed by atoms with Crippen molar-refractivity contribution in [2.75, 3.05) is 0 Å². The Kier molecular flexibility index (Phi) is 3.35. The fourth-order valence-electron chi connectivity index (χ4n) is 2.67. The Bertz CT molecular complexity index is 961. The van der Waals surface area contributed by atoms with Crippen LogP contribution in [0.2, 0.25) is 0 Å². The molecule has 0 atom stereocenters. The summed E-state index contributed by atoms with van der Waals surface area (Å²) in [6, 6.07) is 18.8. The summed E-state index contributed by atoms with van der Waals surface area (Å²) in [5.41, 5.74) is 3.43. The second-order valence-electron chi connectivity index (χ2n) is 5.47. The summed E-state index contributed by atoms with van der Waals surface area (Å²) in [6.07, 6.45) is 3.99. The van der Waals surface area contributed by atoms with Crippen LogP contribution in [0.4, 0.5) is 4.39 Å². The minimum Gasteiger partial charge on any atom is -0.333 e. The van der Waals surface area contributed by atoms with E-state index in [1.807, 2.05) is 36.7 Å². The van der Waals surface area contributed by atoms with Crippen molar-refractivity contribution in [2.24, 2.45) is 0 Å². The van der Waals surface area contributed by atoms with Crippen LogP contribution in [0.1, 0.15) is 5.56 Å². The lowest BCUT2D eigenvalue weighted by atomic mass is 10.2. The quantitative estimate of drug-likeness (QED) is 0.575. The van der Waals surface area contributed by atoms with Crippen molar-refractivity contribution >= 4 is 11.0 Å². The number of pyridine rings is 1. The van der Waals surface area contributed by atoms with Gasteiger partial charge in [-0.15, -0.1) is 0 Å². The lowest BCUT2D eigenvalue weighted by Crippen LogP contribution is -2.33. The number of aromatic nitrogens is 3. The molecule has 0 aliphatic heterocycles. The molecule has 0 unspecified atom stereocenters. The van der Waals surface area contributed by atoms with Gasteiger partial charge in [-0.1, -0.05) is 42.5 Å². The van der Waals surface area contributed by atoms with Crippen LogP contribution in [0, 0.1) is 5.82 Å². The summed E-state index contributed by atoms with van der Waals surface area (Å²) in [5.74, 6) is 0.277. The van der Waals surface area contributed by atoms with E-state index in [0.29, 0.717) is 11.4 Å². The van der Waals surface area contributed by atoms with Gasteiger partial charge in [0, 0.05) is 11.6 Å². The number of H-pyrrole nitrogens is 1. The molecule has 4 rings (SSSR count). The van der Waals surface area contributed by atoms with Crippen LogP contribution >= 0.6 is 0 Å². The lowest BCUT2D eigenvalue weighted by Gasteiger charge is -1.97. The number of fused-ring (bicyclic) bond motifs is 1. The van der Waals surface area contributed by atoms with Gasteiger partial charge in [0.1, 0.15) is 22.7 Å². The number of hydrogen-bond donors (Lipinski definition) is 1. The third kappa shape index (κ3) is 2.71. The number of benzene rings is 2. The third-order valence-corrected chi connectivity index (χ3v) is 3.82. The van der Waals surface area contributed by atoms with Crippen molar-refractivity contribution in [1.82, 2.24) is 9.97 Å². The fraction of sp³-hybridized carbons (Fsp3) is 0.0526. The molecule has 0 aliphatic carbocycles. The zero-order valence-corrected chi connectivity index (χ0v) is 12.4. The molecule has 112 valence electrons. The standard InChI is InChI=1S/C19H14FN3/c20-16-9-5-4-8-15(16)19-21-17-10-11-23(13-18(17)22-19)12-14-6-2-1-3-7-14/h1-11,13H,12H2/p+1. The molecule has 2 heterocycles. The van der Waals surface area contributed by atoms with E-state index in [9.17, 15) is 4.39 Å². The second kappa shape index (κ2) is 5.65. The second-order valence-corrected chi connectivity index (χ2v) is 5.47. The summed E-state index contributed by atoms with van der Waals surface area (Å²) < 4.78 is 16.0. The van der Waals surface area contributed by atoms with Gasteiger partial charge in [0.25, 0.3) is 0 Å². The number of hydrogen-bond acceptors (Lipinski definition) is 1. The summed E-state index contributed by atoms with van der Waals surface area (Å²) in [7, 11) is 0. The molecule has 0 fully saturated rings. The Morgan fingerprint density at radius 2 is 1.74 bits per heavy atom. The first-order chi connectivity index (χ1) is 11.3. The van der Waals surface area contributed by atoms with E-state index in [-0.39, 0.29) is 5.82 Å². The highest BCUT2D eigenvalue weighted by Crippen LogP contribution is 2.21. The van der Waals surface area contributed by atoms with Gasteiger partial charge in [-0.25, -0.2) is 9.37 Å². The zero-order valence-electron chi connectivity index (χ0n) is 12.4. The van der Waals surface area contributed by atoms with Gasteiger partial charge in [0.05, 0.1) is 5.56 Å². The van der Waals surface area contributed by atoms with Gasteiger partial charge < -0.3 is 4.98 Å². The molecule has 2 aromatic heterocycles. The van der Waals surface area contributed by atoms with E-state index in [2.05, 4.69) is 26.7 Å². The minimum absolute atomic E-state index is 0.274. The summed E-state index contributed by atoms with van der Waals surface area (Å²) >= 11 is 0. The van der Waals surface area contributed by atoms with Crippen LogP contribution < -0.4 is 4.57 Å². The Labute approximate surface area is 133 Å². The average molecular weight is 304 g/mol. The van der Waals surface area contributed by atoms with Crippen molar-refractivity contribution < 1.29 is 8.96 Å². The van der Waals surface area contributed by atoms with Crippen LogP contribution in [0.15, 0.2) is 73.1 Å². The van der Waals surface area contributed by atoms with Crippen molar-refractivity contribution in [3.05, 3.63) is 84.4 Å². The highest BCUT2D eigenvalue weighted by molar-refractivity contribution is 5.77. The summed E-state index contributed by atoms with van der Waals surface area (Å²) in [6.45, 7) is 0.783. The maximum atomic E-state index is 13.9. The van der Waals surface area contributed by atoms with Crippen LogP contribution in [-0.2, 0) is 6.54 Å². The van der Waals surface area contributed by atoms with Gasteiger partial charge in [0.2, 0.25) is 0 Å². The first-order valence-electron chi connectivity index (χ1n) is 7.47. The van der Waals surface area contributed by atoms with E-state index in [1.54, 1.807) is 18.2 Å². The molecular weight excluding hydrogens is 289 g/mol.